The summed E-state index contributed by atoms with van der Waals surface area (Å²) in [5.74, 6) is 2.51. The molecule has 1 heterocycles. The van der Waals surface area contributed by atoms with Crippen LogP contribution in [0.4, 0.5) is 0 Å². The van der Waals surface area contributed by atoms with Crippen LogP contribution in [0.3, 0.4) is 0 Å². The third-order valence-corrected chi connectivity index (χ3v) is 3.61. The Morgan fingerprint density at radius 3 is 2.77 bits per heavy atom. The number of methoxy groups -OCH3 is 1. The number of nitrogens with one attached hydrogen (secondary N) is 1. The fraction of sp³-hybridized carbons (Fsp3) is 0.444. The molecule has 0 spiro atoms. The van der Waals surface area contributed by atoms with Gasteiger partial charge >= 0.3 is 0 Å². The third kappa shape index (κ3) is 4.53. The zero-order chi connectivity index (χ0) is 15.8. The number of rotatable bonds is 9. The Morgan fingerprint density at radius 2 is 2.09 bits per heavy atom. The molecule has 22 heavy (non-hydrogen) atoms. The highest BCUT2D eigenvalue weighted by Gasteiger charge is 2.11. The molecule has 4 nitrogen and oxygen atoms in total. The van der Waals surface area contributed by atoms with Gasteiger partial charge in [0.05, 0.1) is 26.5 Å². The molecule has 1 aromatic carbocycles. The molecule has 2 rings (SSSR count). The van der Waals surface area contributed by atoms with Crippen LogP contribution in [0, 0.1) is 0 Å². The zero-order valence-electron chi connectivity index (χ0n) is 13.6. The standard InChI is InChI=1S/C18H25NO3/c1-4-5-10-22-17-9-8-15(12-18(17)20-3)14(2)19-13-16-7-6-11-21-16/h6-9,11-12,14,19H,4-5,10,13H2,1-3H3. The van der Waals surface area contributed by atoms with Crippen molar-refractivity contribution in [3.05, 3.63) is 47.9 Å². The van der Waals surface area contributed by atoms with E-state index in [0.29, 0.717) is 6.54 Å². The fourth-order valence-corrected chi connectivity index (χ4v) is 2.18. The Labute approximate surface area is 132 Å². The second-order valence-corrected chi connectivity index (χ2v) is 5.29. The minimum atomic E-state index is 0.198. The molecule has 0 saturated carbocycles. The van der Waals surface area contributed by atoms with E-state index in [1.807, 2.05) is 24.3 Å². The Morgan fingerprint density at radius 1 is 1.23 bits per heavy atom. The van der Waals surface area contributed by atoms with Crippen LogP contribution in [-0.2, 0) is 6.54 Å². The predicted molar refractivity (Wildman–Crippen MR) is 87.4 cm³/mol. The first kappa shape index (κ1) is 16.4. The van der Waals surface area contributed by atoms with Crippen molar-refractivity contribution in [2.24, 2.45) is 0 Å². The van der Waals surface area contributed by atoms with Crippen molar-refractivity contribution in [1.29, 1.82) is 0 Å². The molecular formula is C18H25NO3. The van der Waals surface area contributed by atoms with E-state index in [2.05, 4.69) is 25.2 Å². The van der Waals surface area contributed by atoms with Crippen LogP contribution < -0.4 is 14.8 Å². The molecule has 120 valence electrons. The van der Waals surface area contributed by atoms with Gasteiger partial charge in [-0.25, -0.2) is 0 Å². The maximum atomic E-state index is 5.76. The van der Waals surface area contributed by atoms with Crippen molar-refractivity contribution in [3.8, 4) is 11.5 Å². The van der Waals surface area contributed by atoms with Gasteiger partial charge < -0.3 is 19.2 Å². The van der Waals surface area contributed by atoms with E-state index in [9.17, 15) is 0 Å². The van der Waals surface area contributed by atoms with Gasteiger partial charge in [-0.3, -0.25) is 0 Å². The van der Waals surface area contributed by atoms with Crippen LogP contribution in [0.25, 0.3) is 0 Å². The molecule has 0 radical (unpaired) electrons. The lowest BCUT2D eigenvalue weighted by Gasteiger charge is -2.16. The smallest absolute Gasteiger partial charge is 0.161 e. The largest absolute Gasteiger partial charge is 0.493 e. The molecular weight excluding hydrogens is 278 g/mol. The summed E-state index contributed by atoms with van der Waals surface area (Å²) in [6, 6.07) is 10.1. The number of furan rings is 1. The molecule has 0 bridgehead atoms. The van der Waals surface area contributed by atoms with Crippen LogP contribution >= 0.6 is 0 Å². The van der Waals surface area contributed by atoms with E-state index in [1.165, 1.54) is 0 Å². The summed E-state index contributed by atoms with van der Waals surface area (Å²) in [7, 11) is 1.67. The second kappa shape index (κ2) is 8.49. The fourth-order valence-electron chi connectivity index (χ4n) is 2.18. The molecule has 0 aliphatic rings. The average Bonchev–Trinajstić information content (AvgIpc) is 3.06. The van der Waals surface area contributed by atoms with Crippen LogP contribution in [-0.4, -0.2) is 13.7 Å². The van der Waals surface area contributed by atoms with Gasteiger partial charge in [0.25, 0.3) is 0 Å². The number of unbranched alkanes of at least 4 members (excludes halogenated alkanes) is 1. The Balaban J connectivity index is 1.98. The minimum Gasteiger partial charge on any atom is -0.493 e. The maximum absolute atomic E-state index is 5.76. The quantitative estimate of drug-likeness (QED) is 0.701. The number of hydrogen-bond acceptors (Lipinski definition) is 4. The molecule has 1 aromatic heterocycles. The Bertz CT molecular complexity index is 551. The highest BCUT2D eigenvalue weighted by Crippen LogP contribution is 2.30. The summed E-state index contributed by atoms with van der Waals surface area (Å²) in [5, 5.41) is 3.43. The summed E-state index contributed by atoms with van der Waals surface area (Å²) in [6.45, 7) is 5.69. The van der Waals surface area contributed by atoms with Crippen molar-refractivity contribution in [1.82, 2.24) is 5.32 Å². The van der Waals surface area contributed by atoms with Gasteiger partial charge in [0, 0.05) is 6.04 Å². The van der Waals surface area contributed by atoms with Gasteiger partial charge in [-0.05, 0) is 43.2 Å². The van der Waals surface area contributed by atoms with Gasteiger partial charge in [0.2, 0.25) is 0 Å². The van der Waals surface area contributed by atoms with Gasteiger partial charge in [0.1, 0.15) is 5.76 Å². The van der Waals surface area contributed by atoms with E-state index in [4.69, 9.17) is 13.9 Å². The van der Waals surface area contributed by atoms with Crippen molar-refractivity contribution in [2.45, 2.75) is 39.3 Å². The van der Waals surface area contributed by atoms with Crippen LogP contribution in [0.15, 0.2) is 41.0 Å². The molecule has 0 amide bonds. The summed E-state index contributed by atoms with van der Waals surface area (Å²) in [4.78, 5) is 0. The Kier molecular flexibility index (Phi) is 6.34. The third-order valence-electron chi connectivity index (χ3n) is 3.61. The summed E-state index contributed by atoms with van der Waals surface area (Å²) in [6.07, 6.45) is 3.85. The Hall–Kier alpha value is -1.94. The molecule has 1 N–H and O–H groups in total. The van der Waals surface area contributed by atoms with Crippen LogP contribution in [0.5, 0.6) is 11.5 Å². The lowest BCUT2D eigenvalue weighted by molar-refractivity contribution is 0.288. The van der Waals surface area contributed by atoms with Gasteiger partial charge in [0.15, 0.2) is 11.5 Å². The van der Waals surface area contributed by atoms with Crippen LogP contribution in [0.2, 0.25) is 0 Å². The molecule has 0 aliphatic heterocycles. The van der Waals surface area contributed by atoms with E-state index >= 15 is 0 Å². The summed E-state index contributed by atoms with van der Waals surface area (Å²) >= 11 is 0. The van der Waals surface area contributed by atoms with Crippen molar-refractivity contribution < 1.29 is 13.9 Å². The first-order valence-corrected chi connectivity index (χ1v) is 7.81. The van der Waals surface area contributed by atoms with Crippen molar-refractivity contribution in [3.63, 3.8) is 0 Å². The van der Waals surface area contributed by atoms with Gasteiger partial charge in [-0.2, -0.15) is 0 Å². The number of hydrogen-bond donors (Lipinski definition) is 1. The summed E-state index contributed by atoms with van der Waals surface area (Å²) < 4.78 is 16.5. The predicted octanol–water partition coefficient (Wildman–Crippen LogP) is 4.32. The molecule has 0 fully saturated rings. The van der Waals surface area contributed by atoms with E-state index in [1.54, 1.807) is 13.4 Å². The van der Waals surface area contributed by atoms with E-state index in [-0.39, 0.29) is 6.04 Å². The van der Waals surface area contributed by atoms with Crippen molar-refractivity contribution in [2.75, 3.05) is 13.7 Å². The second-order valence-electron chi connectivity index (χ2n) is 5.29. The van der Waals surface area contributed by atoms with Crippen molar-refractivity contribution >= 4 is 0 Å². The molecule has 4 heteroatoms. The lowest BCUT2D eigenvalue weighted by Crippen LogP contribution is -2.17. The minimum absolute atomic E-state index is 0.198. The molecule has 2 aromatic rings. The highest BCUT2D eigenvalue weighted by atomic mass is 16.5. The highest BCUT2D eigenvalue weighted by molar-refractivity contribution is 5.43. The van der Waals surface area contributed by atoms with E-state index in [0.717, 1.165) is 42.3 Å². The topological polar surface area (TPSA) is 43.6 Å². The maximum Gasteiger partial charge on any atom is 0.161 e. The first-order chi connectivity index (χ1) is 10.7. The zero-order valence-corrected chi connectivity index (χ0v) is 13.6. The molecule has 0 saturated heterocycles. The van der Waals surface area contributed by atoms with E-state index < -0.39 is 0 Å². The molecule has 1 atom stereocenters. The average molecular weight is 303 g/mol. The van der Waals surface area contributed by atoms with Crippen LogP contribution in [0.1, 0.15) is 44.1 Å². The monoisotopic (exact) mass is 303 g/mol. The summed E-state index contributed by atoms with van der Waals surface area (Å²) in [5.41, 5.74) is 1.16. The van der Waals surface area contributed by atoms with Gasteiger partial charge in [-0.1, -0.05) is 19.4 Å². The SMILES string of the molecule is CCCCOc1ccc(C(C)NCc2ccco2)cc1OC. The van der Waals surface area contributed by atoms with Gasteiger partial charge in [-0.15, -0.1) is 0 Å². The lowest BCUT2D eigenvalue weighted by atomic mass is 10.1. The molecule has 1 unspecified atom stereocenters. The number of benzene rings is 1. The number of ether oxygens (including phenoxy) is 2. The first-order valence-electron chi connectivity index (χ1n) is 7.81. The molecule has 0 aliphatic carbocycles. The normalized spacial score (nSPS) is 12.1.